The van der Waals surface area contributed by atoms with E-state index in [2.05, 4.69) is 0 Å². The SMILES string of the molecule is CC(C)c1c(F)ccc2c1CCO2.CC(C)c1c(F)ccc2occc12. The van der Waals surface area contributed by atoms with Gasteiger partial charge in [0.05, 0.1) is 12.9 Å². The standard InChI is InChI=1S/C11H13FO.C11H11FO/c2*1-7(2)11-8-5-6-13-10(8)4-3-9(11)12/h3-4,7H,5-6H2,1-2H3;3-7H,1-2H3. The molecule has 0 atom stereocenters. The Bertz CT molecular complexity index is 910. The molecule has 4 rings (SSSR count). The molecule has 0 fully saturated rings. The highest BCUT2D eigenvalue weighted by Gasteiger charge is 2.20. The molecule has 2 heterocycles. The van der Waals surface area contributed by atoms with Gasteiger partial charge in [-0.3, -0.25) is 0 Å². The second-order valence-corrected chi connectivity index (χ2v) is 7.14. The number of halogens is 2. The quantitative estimate of drug-likeness (QED) is 0.516. The predicted octanol–water partition coefficient (Wildman–Crippen LogP) is 6.58. The minimum atomic E-state index is -0.149. The zero-order valence-corrected chi connectivity index (χ0v) is 15.6. The van der Waals surface area contributed by atoms with E-state index < -0.39 is 0 Å². The maximum atomic E-state index is 13.4. The van der Waals surface area contributed by atoms with Crippen LogP contribution in [-0.4, -0.2) is 6.61 Å². The van der Waals surface area contributed by atoms with Gasteiger partial charge >= 0.3 is 0 Å². The molecular formula is C22H24F2O2. The van der Waals surface area contributed by atoms with Crippen molar-refractivity contribution < 1.29 is 17.9 Å². The lowest BCUT2D eigenvalue weighted by Crippen LogP contribution is -1.98. The van der Waals surface area contributed by atoms with Crippen LogP contribution in [0.1, 0.15) is 56.2 Å². The smallest absolute Gasteiger partial charge is 0.134 e. The van der Waals surface area contributed by atoms with Crippen LogP contribution in [0.25, 0.3) is 11.0 Å². The molecule has 3 aromatic rings. The first-order valence-corrected chi connectivity index (χ1v) is 8.99. The van der Waals surface area contributed by atoms with E-state index in [4.69, 9.17) is 9.15 Å². The maximum Gasteiger partial charge on any atom is 0.134 e. The number of hydrogen-bond donors (Lipinski definition) is 0. The summed E-state index contributed by atoms with van der Waals surface area (Å²) in [7, 11) is 0. The Morgan fingerprint density at radius 2 is 1.50 bits per heavy atom. The van der Waals surface area contributed by atoms with Gasteiger partial charge in [0.1, 0.15) is 23.0 Å². The summed E-state index contributed by atoms with van der Waals surface area (Å²) >= 11 is 0. The minimum absolute atomic E-state index is 0.0979. The first kappa shape index (κ1) is 18.4. The summed E-state index contributed by atoms with van der Waals surface area (Å²) < 4.78 is 37.4. The Morgan fingerprint density at radius 1 is 0.846 bits per heavy atom. The molecule has 1 aliphatic rings. The lowest BCUT2D eigenvalue weighted by Gasteiger charge is -2.11. The first-order valence-electron chi connectivity index (χ1n) is 8.99. The molecule has 1 aromatic heterocycles. The fourth-order valence-corrected chi connectivity index (χ4v) is 3.52. The van der Waals surface area contributed by atoms with Crippen molar-refractivity contribution in [2.75, 3.05) is 6.61 Å². The molecule has 0 N–H and O–H groups in total. The molecular weight excluding hydrogens is 334 g/mol. The van der Waals surface area contributed by atoms with E-state index >= 15 is 0 Å². The summed E-state index contributed by atoms with van der Waals surface area (Å²) in [5, 5.41) is 0.884. The Labute approximate surface area is 152 Å². The van der Waals surface area contributed by atoms with Crippen molar-refractivity contribution in [1.82, 2.24) is 0 Å². The largest absolute Gasteiger partial charge is 0.493 e. The number of rotatable bonds is 2. The molecule has 0 unspecified atom stereocenters. The van der Waals surface area contributed by atoms with Crippen molar-refractivity contribution in [3.63, 3.8) is 0 Å². The summed E-state index contributed by atoms with van der Waals surface area (Å²) in [5.74, 6) is 1.03. The highest BCUT2D eigenvalue weighted by atomic mass is 19.1. The van der Waals surface area contributed by atoms with Crippen molar-refractivity contribution in [3.05, 3.63) is 64.9 Å². The summed E-state index contributed by atoms with van der Waals surface area (Å²) in [5.41, 5.74) is 3.39. The Hall–Kier alpha value is -2.36. The molecule has 0 saturated carbocycles. The molecule has 0 spiro atoms. The van der Waals surface area contributed by atoms with Gasteiger partial charge in [-0.2, -0.15) is 0 Å². The summed E-state index contributed by atoms with van der Waals surface area (Å²) in [6, 6.07) is 8.16. The minimum Gasteiger partial charge on any atom is -0.493 e. The van der Waals surface area contributed by atoms with Crippen LogP contribution >= 0.6 is 0 Å². The van der Waals surface area contributed by atoms with Gasteiger partial charge in [-0.25, -0.2) is 8.78 Å². The van der Waals surface area contributed by atoms with Gasteiger partial charge in [0.25, 0.3) is 0 Å². The normalized spacial score (nSPS) is 12.9. The second kappa shape index (κ2) is 7.48. The van der Waals surface area contributed by atoms with Crippen molar-refractivity contribution in [1.29, 1.82) is 0 Å². The number of ether oxygens (including phenoxy) is 1. The summed E-state index contributed by atoms with van der Waals surface area (Å²) in [6.45, 7) is 8.67. The van der Waals surface area contributed by atoms with Crippen LogP contribution in [0.2, 0.25) is 0 Å². The van der Waals surface area contributed by atoms with Crippen LogP contribution in [0.4, 0.5) is 8.78 Å². The number of hydrogen-bond acceptors (Lipinski definition) is 2. The van der Waals surface area contributed by atoms with Crippen LogP contribution in [0, 0.1) is 11.6 Å². The third-order valence-electron chi connectivity index (χ3n) is 4.65. The van der Waals surface area contributed by atoms with Crippen LogP contribution < -0.4 is 4.74 Å². The van der Waals surface area contributed by atoms with Crippen molar-refractivity contribution in [3.8, 4) is 5.75 Å². The van der Waals surface area contributed by atoms with Gasteiger partial charge in [-0.05, 0) is 47.7 Å². The number of furan rings is 1. The Balaban J connectivity index is 0.000000151. The maximum absolute atomic E-state index is 13.4. The lowest BCUT2D eigenvalue weighted by atomic mass is 9.95. The van der Waals surface area contributed by atoms with Crippen LogP contribution in [0.3, 0.4) is 0 Å². The third kappa shape index (κ3) is 3.46. The molecule has 0 saturated heterocycles. The van der Waals surface area contributed by atoms with E-state index in [0.29, 0.717) is 6.61 Å². The Morgan fingerprint density at radius 3 is 2.19 bits per heavy atom. The molecule has 0 amide bonds. The molecule has 1 aliphatic heterocycles. The average molecular weight is 358 g/mol. The monoisotopic (exact) mass is 358 g/mol. The summed E-state index contributed by atoms with van der Waals surface area (Å²) in [4.78, 5) is 0. The molecule has 4 heteroatoms. The highest BCUT2D eigenvalue weighted by molar-refractivity contribution is 5.81. The van der Waals surface area contributed by atoms with Gasteiger partial charge in [-0.1, -0.05) is 27.7 Å². The van der Waals surface area contributed by atoms with Crippen molar-refractivity contribution in [2.45, 2.75) is 46.0 Å². The van der Waals surface area contributed by atoms with E-state index in [1.807, 2.05) is 33.8 Å². The van der Waals surface area contributed by atoms with E-state index in [1.165, 1.54) is 12.1 Å². The first-order chi connectivity index (χ1) is 12.4. The van der Waals surface area contributed by atoms with Crippen LogP contribution in [-0.2, 0) is 6.42 Å². The highest BCUT2D eigenvalue weighted by Crippen LogP contribution is 2.34. The molecule has 2 aromatic carbocycles. The molecule has 0 bridgehead atoms. The average Bonchev–Trinajstić information content (AvgIpc) is 3.22. The molecule has 0 aliphatic carbocycles. The number of fused-ring (bicyclic) bond motifs is 2. The van der Waals surface area contributed by atoms with Crippen molar-refractivity contribution >= 4 is 11.0 Å². The zero-order chi connectivity index (χ0) is 18.8. The van der Waals surface area contributed by atoms with Gasteiger partial charge < -0.3 is 9.15 Å². The van der Waals surface area contributed by atoms with E-state index in [1.54, 1.807) is 18.4 Å². The molecule has 26 heavy (non-hydrogen) atoms. The van der Waals surface area contributed by atoms with Crippen molar-refractivity contribution in [2.24, 2.45) is 0 Å². The van der Waals surface area contributed by atoms with Gasteiger partial charge in [-0.15, -0.1) is 0 Å². The molecule has 0 radical (unpaired) electrons. The number of benzene rings is 2. The van der Waals surface area contributed by atoms with Gasteiger partial charge in [0, 0.05) is 22.9 Å². The van der Waals surface area contributed by atoms with Crippen LogP contribution in [0.15, 0.2) is 41.0 Å². The van der Waals surface area contributed by atoms with Crippen LogP contribution in [0.5, 0.6) is 5.75 Å². The Kier molecular flexibility index (Phi) is 5.30. The van der Waals surface area contributed by atoms with Gasteiger partial charge in [0.15, 0.2) is 0 Å². The lowest BCUT2D eigenvalue weighted by molar-refractivity contribution is 0.356. The van der Waals surface area contributed by atoms with Gasteiger partial charge in [0.2, 0.25) is 0 Å². The van der Waals surface area contributed by atoms with E-state index in [0.717, 1.165) is 39.8 Å². The predicted molar refractivity (Wildman–Crippen MR) is 99.9 cm³/mol. The second-order valence-electron chi connectivity index (χ2n) is 7.14. The fraction of sp³-hybridized carbons (Fsp3) is 0.364. The van der Waals surface area contributed by atoms with E-state index in [9.17, 15) is 8.78 Å². The summed E-state index contributed by atoms with van der Waals surface area (Å²) in [6.07, 6.45) is 2.44. The topological polar surface area (TPSA) is 22.4 Å². The fourth-order valence-electron chi connectivity index (χ4n) is 3.52. The molecule has 2 nitrogen and oxygen atoms in total. The zero-order valence-electron chi connectivity index (χ0n) is 15.6. The van der Waals surface area contributed by atoms with E-state index in [-0.39, 0.29) is 23.5 Å². The molecule has 138 valence electrons. The third-order valence-corrected chi connectivity index (χ3v) is 4.65.